The van der Waals surface area contributed by atoms with E-state index >= 15 is 0 Å². The van der Waals surface area contributed by atoms with Crippen LogP contribution in [-0.4, -0.2) is 34.7 Å². The molecule has 0 bridgehead atoms. The van der Waals surface area contributed by atoms with Gasteiger partial charge in [0.05, 0.1) is 5.57 Å². The first kappa shape index (κ1) is 18.9. The van der Waals surface area contributed by atoms with E-state index in [-0.39, 0.29) is 11.8 Å². The highest BCUT2D eigenvalue weighted by atomic mass is 16.2. The zero-order valence-corrected chi connectivity index (χ0v) is 16.5. The van der Waals surface area contributed by atoms with Crippen molar-refractivity contribution < 1.29 is 9.59 Å². The van der Waals surface area contributed by atoms with Crippen LogP contribution >= 0.6 is 0 Å². The standard InChI is InChI=1S/C23H26N2O2/c1-5-24(15-18-10-8-7-9-11-18)21-20(22(26)25(6-2)23(21)27)19-13-12-16(3)14-17(19)4/h7-14H,5-6,15H2,1-4H3. The molecule has 0 aromatic heterocycles. The SMILES string of the molecule is CCN(Cc1ccccc1)C1=C(c2ccc(C)cc2C)C(=O)N(CC)C1=O. The van der Waals surface area contributed by atoms with Crippen LogP contribution in [0.3, 0.4) is 0 Å². The van der Waals surface area contributed by atoms with E-state index in [4.69, 9.17) is 0 Å². The summed E-state index contributed by atoms with van der Waals surface area (Å²) in [7, 11) is 0. The summed E-state index contributed by atoms with van der Waals surface area (Å²) in [6.45, 7) is 9.49. The second-order valence-corrected chi connectivity index (χ2v) is 6.90. The van der Waals surface area contributed by atoms with Gasteiger partial charge in [0.15, 0.2) is 0 Å². The Morgan fingerprint density at radius 2 is 1.63 bits per heavy atom. The molecule has 0 unspecified atom stereocenters. The smallest absolute Gasteiger partial charge is 0.277 e. The molecule has 0 fully saturated rings. The molecule has 4 nitrogen and oxygen atoms in total. The largest absolute Gasteiger partial charge is 0.362 e. The molecule has 0 spiro atoms. The number of rotatable bonds is 6. The maximum Gasteiger partial charge on any atom is 0.277 e. The van der Waals surface area contributed by atoms with Crippen molar-refractivity contribution in [3.63, 3.8) is 0 Å². The molecule has 0 saturated carbocycles. The lowest BCUT2D eigenvalue weighted by Crippen LogP contribution is -2.34. The summed E-state index contributed by atoms with van der Waals surface area (Å²) in [5, 5.41) is 0. The number of nitrogens with zero attached hydrogens (tertiary/aromatic N) is 2. The molecule has 1 aliphatic heterocycles. The van der Waals surface area contributed by atoms with Crippen LogP contribution in [0.2, 0.25) is 0 Å². The molecule has 1 heterocycles. The molecule has 0 aliphatic carbocycles. The highest BCUT2D eigenvalue weighted by Crippen LogP contribution is 2.34. The molecule has 2 amide bonds. The van der Waals surface area contributed by atoms with E-state index in [9.17, 15) is 9.59 Å². The van der Waals surface area contributed by atoms with Crippen LogP contribution in [0.4, 0.5) is 0 Å². The lowest BCUT2D eigenvalue weighted by atomic mass is 9.97. The van der Waals surface area contributed by atoms with Gasteiger partial charge in [0.1, 0.15) is 5.70 Å². The Hall–Kier alpha value is -2.88. The molecule has 4 heteroatoms. The number of carbonyl (C=O) groups excluding carboxylic acids is 2. The van der Waals surface area contributed by atoms with Crippen molar-refractivity contribution in [2.75, 3.05) is 13.1 Å². The molecule has 1 aliphatic rings. The van der Waals surface area contributed by atoms with E-state index in [0.717, 1.165) is 22.3 Å². The minimum atomic E-state index is -0.199. The van der Waals surface area contributed by atoms with Crippen LogP contribution in [0.5, 0.6) is 0 Å². The van der Waals surface area contributed by atoms with Gasteiger partial charge in [-0.3, -0.25) is 14.5 Å². The van der Waals surface area contributed by atoms with Crippen LogP contribution in [0.1, 0.15) is 36.1 Å². The Morgan fingerprint density at radius 3 is 2.22 bits per heavy atom. The molecular formula is C23H26N2O2. The number of hydrogen-bond donors (Lipinski definition) is 0. The van der Waals surface area contributed by atoms with E-state index in [1.165, 1.54) is 4.90 Å². The van der Waals surface area contributed by atoms with Gasteiger partial charge in [-0.15, -0.1) is 0 Å². The molecule has 140 valence electrons. The zero-order chi connectivity index (χ0) is 19.6. The van der Waals surface area contributed by atoms with E-state index in [1.807, 2.05) is 75.1 Å². The minimum absolute atomic E-state index is 0.198. The molecule has 27 heavy (non-hydrogen) atoms. The van der Waals surface area contributed by atoms with Crippen LogP contribution in [0.25, 0.3) is 5.57 Å². The van der Waals surface area contributed by atoms with Gasteiger partial charge in [-0.05, 0) is 44.4 Å². The summed E-state index contributed by atoms with van der Waals surface area (Å²) in [6.07, 6.45) is 0. The summed E-state index contributed by atoms with van der Waals surface area (Å²) in [6, 6.07) is 16.0. The molecule has 0 atom stereocenters. The topological polar surface area (TPSA) is 40.6 Å². The quantitative estimate of drug-likeness (QED) is 0.731. The van der Waals surface area contributed by atoms with Crippen LogP contribution < -0.4 is 0 Å². The molecule has 0 saturated heterocycles. The first-order valence-corrected chi connectivity index (χ1v) is 9.44. The number of imide groups is 1. The molecule has 2 aromatic rings. The second-order valence-electron chi connectivity index (χ2n) is 6.90. The van der Waals surface area contributed by atoms with Crippen molar-refractivity contribution in [2.45, 2.75) is 34.2 Å². The third kappa shape index (κ3) is 3.52. The summed E-state index contributed by atoms with van der Waals surface area (Å²) in [5.74, 6) is -0.397. The van der Waals surface area contributed by atoms with Gasteiger partial charge >= 0.3 is 0 Å². The first-order chi connectivity index (χ1) is 13.0. The van der Waals surface area contributed by atoms with Crippen molar-refractivity contribution >= 4 is 17.4 Å². The molecule has 3 rings (SSSR count). The highest BCUT2D eigenvalue weighted by Gasteiger charge is 2.40. The average molecular weight is 362 g/mol. The maximum atomic E-state index is 13.1. The van der Waals surface area contributed by atoms with E-state index in [1.54, 1.807) is 0 Å². The molecule has 2 aromatic carbocycles. The number of carbonyl (C=O) groups is 2. The fourth-order valence-corrected chi connectivity index (χ4v) is 3.63. The first-order valence-electron chi connectivity index (χ1n) is 9.44. The van der Waals surface area contributed by atoms with Gasteiger partial charge in [0, 0.05) is 19.6 Å². The van der Waals surface area contributed by atoms with Crippen molar-refractivity contribution in [3.05, 3.63) is 76.5 Å². The Bertz CT molecular complexity index is 900. The zero-order valence-electron chi connectivity index (χ0n) is 16.5. The molecule has 0 N–H and O–H groups in total. The average Bonchev–Trinajstić information content (AvgIpc) is 2.90. The summed E-state index contributed by atoms with van der Waals surface area (Å²) < 4.78 is 0. The summed E-state index contributed by atoms with van der Waals surface area (Å²) >= 11 is 0. The lowest BCUT2D eigenvalue weighted by molar-refractivity contribution is -0.137. The third-order valence-electron chi connectivity index (χ3n) is 5.03. The van der Waals surface area contributed by atoms with E-state index in [2.05, 4.69) is 6.07 Å². The number of benzene rings is 2. The van der Waals surface area contributed by atoms with Gasteiger partial charge in [0.2, 0.25) is 0 Å². The van der Waals surface area contributed by atoms with Crippen LogP contribution in [-0.2, 0) is 16.1 Å². The van der Waals surface area contributed by atoms with E-state index in [0.29, 0.717) is 30.9 Å². The van der Waals surface area contributed by atoms with Gasteiger partial charge in [0.25, 0.3) is 11.8 Å². The Labute approximate surface area is 161 Å². The van der Waals surface area contributed by atoms with Gasteiger partial charge in [-0.2, -0.15) is 0 Å². The lowest BCUT2D eigenvalue weighted by Gasteiger charge is -2.25. The molecule has 0 radical (unpaired) electrons. The predicted octanol–water partition coefficient (Wildman–Crippen LogP) is 3.93. The van der Waals surface area contributed by atoms with E-state index < -0.39 is 0 Å². The fraction of sp³-hybridized carbons (Fsp3) is 0.304. The Balaban J connectivity index is 2.13. The van der Waals surface area contributed by atoms with Crippen LogP contribution in [0, 0.1) is 13.8 Å². The highest BCUT2D eigenvalue weighted by molar-refractivity contribution is 6.35. The number of hydrogen-bond acceptors (Lipinski definition) is 3. The third-order valence-corrected chi connectivity index (χ3v) is 5.03. The van der Waals surface area contributed by atoms with Crippen molar-refractivity contribution in [3.8, 4) is 0 Å². The number of likely N-dealkylation sites (N-methyl/N-ethyl adjacent to an activating group) is 2. The fourth-order valence-electron chi connectivity index (χ4n) is 3.63. The Kier molecular flexibility index (Phi) is 5.45. The van der Waals surface area contributed by atoms with Crippen LogP contribution in [0.15, 0.2) is 54.2 Å². The van der Waals surface area contributed by atoms with Gasteiger partial charge in [-0.25, -0.2) is 0 Å². The number of amides is 2. The predicted molar refractivity (Wildman–Crippen MR) is 108 cm³/mol. The van der Waals surface area contributed by atoms with Crippen molar-refractivity contribution in [1.82, 2.24) is 9.80 Å². The monoisotopic (exact) mass is 362 g/mol. The minimum Gasteiger partial charge on any atom is -0.362 e. The molecular weight excluding hydrogens is 336 g/mol. The normalized spacial score (nSPS) is 14.3. The number of aryl methyl sites for hydroxylation is 2. The van der Waals surface area contributed by atoms with Gasteiger partial charge in [-0.1, -0.05) is 54.1 Å². The maximum absolute atomic E-state index is 13.1. The van der Waals surface area contributed by atoms with Crippen molar-refractivity contribution in [2.24, 2.45) is 0 Å². The van der Waals surface area contributed by atoms with Crippen molar-refractivity contribution in [1.29, 1.82) is 0 Å². The summed E-state index contributed by atoms with van der Waals surface area (Å²) in [5.41, 5.74) is 5.15. The second kappa shape index (κ2) is 7.78. The Morgan fingerprint density at radius 1 is 0.926 bits per heavy atom. The van der Waals surface area contributed by atoms with Gasteiger partial charge < -0.3 is 4.90 Å². The summed E-state index contributed by atoms with van der Waals surface area (Å²) in [4.78, 5) is 29.6.